The van der Waals surface area contributed by atoms with E-state index >= 15 is 0 Å². The first-order chi connectivity index (χ1) is 15.9. The molecule has 170 valence electrons. The molecule has 0 unspecified atom stereocenters. The minimum Gasteiger partial charge on any atom is -0.354 e. The summed E-state index contributed by atoms with van der Waals surface area (Å²) in [5, 5.41) is 15.9. The second-order valence-electron chi connectivity index (χ2n) is 8.51. The van der Waals surface area contributed by atoms with Gasteiger partial charge in [0.1, 0.15) is 11.5 Å². The number of pyridine rings is 1. The fourth-order valence-electron chi connectivity index (χ4n) is 4.21. The van der Waals surface area contributed by atoms with Gasteiger partial charge in [-0.3, -0.25) is 10.1 Å². The van der Waals surface area contributed by atoms with E-state index in [-0.39, 0.29) is 5.82 Å². The number of allylic oxidation sites excluding steroid dienone is 2. The Morgan fingerprint density at radius 2 is 2.03 bits per heavy atom. The number of rotatable bonds is 6. The molecule has 6 heteroatoms. The SMILES string of the molecule is C=C(Nc1ccnc(-c2cccc(F)c2)c1C)c1n[nH]/c(=C/C=C(\C)C2CCNCC2)c1=C. The van der Waals surface area contributed by atoms with E-state index < -0.39 is 0 Å². The Balaban J connectivity index is 1.55. The minimum absolute atomic E-state index is 0.289. The third-order valence-electron chi connectivity index (χ3n) is 6.27. The maximum Gasteiger partial charge on any atom is 0.123 e. The second-order valence-corrected chi connectivity index (χ2v) is 8.51. The van der Waals surface area contributed by atoms with Gasteiger partial charge in [-0.2, -0.15) is 5.10 Å². The zero-order valence-electron chi connectivity index (χ0n) is 19.2. The summed E-state index contributed by atoms with van der Waals surface area (Å²) in [4.78, 5) is 4.45. The number of aromatic nitrogens is 3. The molecule has 2 aromatic heterocycles. The fourth-order valence-corrected chi connectivity index (χ4v) is 4.21. The maximum atomic E-state index is 13.7. The zero-order chi connectivity index (χ0) is 23.4. The number of halogens is 1. The van der Waals surface area contributed by atoms with Gasteiger partial charge in [0, 0.05) is 22.7 Å². The highest BCUT2D eigenvalue weighted by molar-refractivity contribution is 5.79. The van der Waals surface area contributed by atoms with Crippen molar-refractivity contribution in [1.82, 2.24) is 20.5 Å². The number of anilines is 1. The molecule has 0 radical (unpaired) electrons. The van der Waals surface area contributed by atoms with E-state index in [0.717, 1.165) is 46.2 Å². The minimum atomic E-state index is -0.289. The number of H-pyrrole nitrogens is 1. The lowest BCUT2D eigenvalue weighted by Crippen LogP contribution is -2.28. The highest BCUT2D eigenvalue weighted by Crippen LogP contribution is 2.28. The van der Waals surface area contributed by atoms with Crippen LogP contribution >= 0.6 is 0 Å². The van der Waals surface area contributed by atoms with E-state index in [1.54, 1.807) is 12.3 Å². The van der Waals surface area contributed by atoms with Crippen LogP contribution in [0.1, 0.15) is 31.0 Å². The highest BCUT2D eigenvalue weighted by Gasteiger charge is 2.14. The predicted octanol–water partition coefficient (Wildman–Crippen LogP) is 4.14. The standard InChI is InChI=1S/C27H30FN5/c1-17(21-10-13-29-14-11-21)8-9-25-19(3)26(33-32-25)20(4)31-24-12-15-30-27(18(24)2)22-6-5-7-23(28)16-22/h5-9,12,15-16,21,29,32H,3-4,10-11,13-14H2,1-2H3,(H,30,31)/b17-8+,25-9+. The molecule has 0 amide bonds. The summed E-state index contributed by atoms with van der Waals surface area (Å²) in [6.07, 6.45) is 8.25. The van der Waals surface area contributed by atoms with E-state index in [4.69, 9.17) is 0 Å². The Morgan fingerprint density at radius 1 is 1.24 bits per heavy atom. The van der Waals surface area contributed by atoms with Crippen LogP contribution in [0.25, 0.3) is 29.6 Å². The van der Waals surface area contributed by atoms with Crippen LogP contribution in [0.15, 0.2) is 54.8 Å². The Hall–Kier alpha value is -3.51. The smallest absolute Gasteiger partial charge is 0.123 e. The Morgan fingerprint density at radius 3 is 2.79 bits per heavy atom. The number of nitrogens with one attached hydrogen (secondary N) is 3. The fraction of sp³-hybridized carbons (Fsp3) is 0.259. The number of aromatic amines is 1. The molecule has 0 atom stereocenters. The lowest BCUT2D eigenvalue weighted by molar-refractivity contribution is 0.420. The van der Waals surface area contributed by atoms with Crippen LogP contribution in [0.2, 0.25) is 0 Å². The zero-order valence-corrected chi connectivity index (χ0v) is 19.2. The summed E-state index contributed by atoms with van der Waals surface area (Å²) in [7, 11) is 0. The monoisotopic (exact) mass is 443 g/mol. The number of piperidine rings is 1. The molecular weight excluding hydrogens is 413 g/mol. The first kappa shape index (κ1) is 22.7. The number of hydrogen-bond donors (Lipinski definition) is 3. The normalized spacial score (nSPS) is 15.6. The van der Waals surface area contributed by atoms with Gasteiger partial charge in [-0.1, -0.05) is 36.9 Å². The van der Waals surface area contributed by atoms with Crippen LogP contribution in [0.3, 0.4) is 0 Å². The van der Waals surface area contributed by atoms with Gasteiger partial charge < -0.3 is 10.6 Å². The molecule has 1 saturated heterocycles. The molecule has 5 nitrogen and oxygen atoms in total. The lowest BCUT2D eigenvalue weighted by atomic mass is 9.91. The predicted molar refractivity (Wildman–Crippen MR) is 134 cm³/mol. The molecule has 33 heavy (non-hydrogen) atoms. The van der Waals surface area contributed by atoms with Crippen LogP contribution in [-0.4, -0.2) is 28.3 Å². The summed E-state index contributed by atoms with van der Waals surface area (Å²) in [6.45, 7) is 14.7. The molecule has 1 fully saturated rings. The van der Waals surface area contributed by atoms with Crippen LogP contribution in [-0.2, 0) is 0 Å². The molecule has 0 spiro atoms. The molecule has 3 heterocycles. The second kappa shape index (κ2) is 9.96. The third-order valence-corrected chi connectivity index (χ3v) is 6.27. The Labute approximate surface area is 193 Å². The van der Waals surface area contributed by atoms with Gasteiger partial charge in [0.15, 0.2) is 0 Å². The molecule has 0 saturated carbocycles. The van der Waals surface area contributed by atoms with Crippen molar-refractivity contribution in [3.8, 4) is 11.3 Å². The summed E-state index contributed by atoms with van der Waals surface area (Å²) in [6, 6.07) is 8.31. The maximum absolute atomic E-state index is 13.7. The average Bonchev–Trinajstić information content (AvgIpc) is 3.19. The first-order valence-electron chi connectivity index (χ1n) is 11.2. The summed E-state index contributed by atoms with van der Waals surface area (Å²) in [5.41, 5.74) is 5.87. The van der Waals surface area contributed by atoms with Gasteiger partial charge in [-0.25, -0.2) is 4.39 Å². The summed E-state index contributed by atoms with van der Waals surface area (Å²) >= 11 is 0. The van der Waals surface area contributed by atoms with Gasteiger partial charge in [0.05, 0.1) is 16.7 Å². The Kier molecular flexibility index (Phi) is 6.84. The molecule has 3 N–H and O–H groups in total. The molecule has 0 aliphatic carbocycles. The van der Waals surface area contributed by atoms with Gasteiger partial charge in [0.2, 0.25) is 0 Å². The topological polar surface area (TPSA) is 65.6 Å². The van der Waals surface area contributed by atoms with E-state index in [0.29, 0.717) is 17.3 Å². The van der Waals surface area contributed by atoms with E-state index in [9.17, 15) is 4.39 Å². The van der Waals surface area contributed by atoms with Crippen molar-refractivity contribution in [2.75, 3.05) is 18.4 Å². The van der Waals surface area contributed by atoms with Gasteiger partial charge >= 0.3 is 0 Å². The van der Waals surface area contributed by atoms with Crippen LogP contribution < -0.4 is 21.2 Å². The molecule has 1 aromatic carbocycles. The van der Waals surface area contributed by atoms with Crippen molar-refractivity contribution >= 4 is 24.0 Å². The molecule has 0 bridgehead atoms. The quantitative estimate of drug-likeness (QED) is 0.536. The van der Waals surface area contributed by atoms with Crippen molar-refractivity contribution in [3.63, 3.8) is 0 Å². The van der Waals surface area contributed by atoms with Gasteiger partial charge in [-0.15, -0.1) is 0 Å². The van der Waals surface area contributed by atoms with E-state index in [1.165, 1.54) is 30.5 Å². The van der Waals surface area contributed by atoms with Gasteiger partial charge in [0.25, 0.3) is 0 Å². The number of nitrogens with zero attached hydrogens (tertiary/aromatic N) is 2. The van der Waals surface area contributed by atoms with E-state index in [1.807, 2.05) is 25.1 Å². The van der Waals surface area contributed by atoms with E-state index in [2.05, 4.69) is 52.0 Å². The van der Waals surface area contributed by atoms with Crippen molar-refractivity contribution in [2.45, 2.75) is 26.7 Å². The van der Waals surface area contributed by atoms with Crippen LogP contribution in [0.4, 0.5) is 10.1 Å². The van der Waals surface area contributed by atoms with Crippen molar-refractivity contribution in [1.29, 1.82) is 0 Å². The molecular formula is C27H30FN5. The lowest BCUT2D eigenvalue weighted by Gasteiger charge is -2.23. The van der Waals surface area contributed by atoms with Crippen LogP contribution in [0, 0.1) is 18.7 Å². The largest absolute Gasteiger partial charge is 0.354 e. The molecule has 1 aliphatic heterocycles. The average molecular weight is 444 g/mol. The first-order valence-corrected chi connectivity index (χ1v) is 11.2. The molecule has 4 rings (SSSR count). The molecule has 1 aliphatic rings. The van der Waals surface area contributed by atoms with Crippen molar-refractivity contribution < 1.29 is 4.39 Å². The summed E-state index contributed by atoms with van der Waals surface area (Å²) < 4.78 is 13.7. The molecule has 3 aromatic rings. The van der Waals surface area contributed by atoms with Crippen molar-refractivity contribution in [2.24, 2.45) is 5.92 Å². The number of hydrogen-bond acceptors (Lipinski definition) is 4. The van der Waals surface area contributed by atoms with Crippen molar-refractivity contribution in [3.05, 3.63) is 82.4 Å². The van der Waals surface area contributed by atoms with Gasteiger partial charge in [-0.05, 0) is 75.5 Å². The highest BCUT2D eigenvalue weighted by atomic mass is 19.1. The van der Waals surface area contributed by atoms with Crippen LogP contribution in [0.5, 0.6) is 0 Å². The third kappa shape index (κ3) is 5.12. The Bertz CT molecular complexity index is 1300. The number of benzene rings is 1. The summed E-state index contributed by atoms with van der Waals surface area (Å²) in [5.74, 6) is 0.333.